The molecule has 0 aliphatic carbocycles. The number of anilines is 1. The molecule has 0 bridgehead atoms. The number of nitrogens with one attached hydrogen (secondary N) is 1. The maximum absolute atomic E-state index is 12.7. The summed E-state index contributed by atoms with van der Waals surface area (Å²) in [5.74, 6) is -0.262. The van der Waals surface area contributed by atoms with Crippen LogP contribution in [0.15, 0.2) is 52.3 Å². The molecule has 3 rings (SSSR count). The average Bonchev–Trinajstić information content (AvgIpc) is 2.54. The Labute approximate surface area is 116 Å². The lowest BCUT2D eigenvalue weighted by molar-refractivity contribution is 0.102. The summed E-state index contributed by atoms with van der Waals surface area (Å²) in [5, 5.41) is 2.61. The van der Waals surface area contributed by atoms with Gasteiger partial charge in [0.1, 0.15) is 11.3 Å². The molecule has 0 atom stereocenters. The van der Waals surface area contributed by atoms with E-state index in [2.05, 4.69) is 5.32 Å². The van der Waals surface area contributed by atoms with E-state index in [1.807, 2.05) is 0 Å². The van der Waals surface area contributed by atoms with Crippen LogP contribution in [0.25, 0.3) is 0 Å². The van der Waals surface area contributed by atoms with Gasteiger partial charge in [0.15, 0.2) is 0 Å². The maximum atomic E-state index is 12.7. The molecule has 0 unspecified atom stereocenters. The van der Waals surface area contributed by atoms with E-state index in [4.69, 9.17) is 4.74 Å². The van der Waals surface area contributed by atoms with Crippen LogP contribution in [-0.4, -0.2) is 21.4 Å². The summed E-state index contributed by atoms with van der Waals surface area (Å²) in [6.45, 7) is 0. The fourth-order valence-electron chi connectivity index (χ4n) is 2.24. The van der Waals surface area contributed by atoms with Gasteiger partial charge in [-0.3, -0.25) is 4.79 Å². The van der Waals surface area contributed by atoms with Crippen molar-refractivity contribution < 1.29 is 17.9 Å². The molecule has 102 valence electrons. The van der Waals surface area contributed by atoms with Crippen molar-refractivity contribution in [3.05, 3.63) is 48.0 Å². The molecular formula is C14H11NO4S. The number of fused-ring (bicyclic) bond motifs is 2. The largest absolute Gasteiger partial charge is 0.496 e. The first kappa shape index (κ1) is 12.7. The summed E-state index contributed by atoms with van der Waals surface area (Å²) >= 11 is 0. The van der Waals surface area contributed by atoms with Crippen LogP contribution in [0.5, 0.6) is 5.75 Å². The molecule has 2 aromatic rings. The zero-order valence-electron chi connectivity index (χ0n) is 10.6. The smallest absolute Gasteiger partial charge is 0.260 e. The van der Waals surface area contributed by atoms with Crippen molar-refractivity contribution in [2.24, 2.45) is 0 Å². The van der Waals surface area contributed by atoms with Crippen molar-refractivity contribution in [2.75, 3.05) is 12.4 Å². The van der Waals surface area contributed by atoms with Crippen LogP contribution in [0.2, 0.25) is 0 Å². The summed E-state index contributed by atoms with van der Waals surface area (Å²) in [7, 11) is -2.37. The lowest BCUT2D eigenvalue weighted by Crippen LogP contribution is -2.13. The van der Waals surface area contributed by atoms with Crippen LogP contribution in [0.3, 0.4) is 0 Å². The highest BCUT2D eigenvalue weighted by Crippen LogP contribution is 2.36. The molecule has 6 heteroatoms. The highest BCUT2D eigenvalue weighted by Gasteiger charge is 2.32. The molecule has 1 amide bonds. The number of hydrogen-bond acceptors (Lipinski definition) is 4. The number of para-hydroxylation sites is 1. The third-order valence-corrected chi connectivity index (χ3v) is 5.00. The second kappa shape index (κ2) is 4.35. The molecule has 0 saturated heterocycles. The number of hydrogen-bond donors (Lipinski definition) is 1. The van der Waals surface area contributed by atoms with Crippen molar-refractivity contribution in [2.45, 2.75) is 9.79 Å². The first-order valence-corrected chi connectivity index (χ1v) is 7.36. The van der Waals surface area contributed by atoms with Gasteiger partial charge in [0.25, 0.3) is 5.91 Å². The molecule has 1 aliphatic rings. The number of carbonyl (C=O) groups excluding carboxylic acids is 1. The zero-order chi connectivity index (χ0) is 14.3. The SMILES string of the molecule is COc1cccc2c1C(=O)Nc1ccccc1S2(=O)=O. The van der Waals surface area contributed by atoms with Crippen LogP contribution in [0, 0.1) is 0 Å². The van der Waals surface area contributed by atoms with E-state index in [9.17, 15) is 13.2 Å². The van der Waals surface area contributed by atoms with Gasteiger partial charge in [0, 0.05) is 0 Å². The maximum Gasteiger partial charge on any atom is 0.260 e. The van der Waals surface area contributed by atoms with E-state index in [1.165, 1.54) is 19.2 Å². The van der Waals surface area contributed by atoms with E-state index in [-0.39, 0.29) is 26.8 Å². The number of amides is 1. The molecule has 0 saturated carbocycles. The minimum absolute atomic E-state index is 0.0335. The third-order valence-electron chi connectivity index (χ3n) is 3.15. The summed E-state index contributed by atoms with van der Waals surface area (Å²) in [5.41, 5.74) is 0.307. The van der Waals surface area contributed by atoms with Crippen LogP contribution in [-0.2, 0) is 9.84 Å². The Bertz CT molecular complexity index is 812. The van der Waals surface area contributed by atoms with Gasteiger partial charge in [-0.05, 0) is 24.3 Å². The second-order valence-electron chi connectivity index (χ2n) is 4.29. The van der Waals surface area contributed by atoms with Crippen LogP contribution in [0.1, 0.15) is 10.4 Å². The normalized spacial score (nSPS) is 15.6. The number of sulfone groups is 1. The molecule has 0 fully saturated rings. The van der Waals surface area contributed by atoms with Crippen LogP contribution >= 0.6 is 0 Å². The Morgan fingerprint density at radius 1 is 1.00 bits per heavy atom. The Hall–Kier alpha value is -2.34. The molecule has 5 nitrogen and oxygen atoms in total. The molecule has 1 heterocycles. The van der Waals surface area contributed by atoms with Gasteiger partial charge in [-0.25, -0.2) is 8.42 Å². The lowest BCUT2D eigenvalue weighted by Gasteiger charge is -2.09. The highest BCUT2D eigenvalue weighted by molar-refractivity contribution is 7.91. The van der Waals surface area contributed by atoms with Crippen LogP contribution < -0.4 is 10.1 Å². The molecule has 0 aromatic heterocycles. The summed E-state index contributed by atoms with van der Waals surface area (Å²) in [6.07, 6.45) is 0. The minimum Gasteiger partial charge on any atom is -0.496 e. The molecule has 0 radical (unpaired) electrons. The van der Waals surface area contributed by atoms with Gasteiger partial charge >= 0.3 is 0 Å². The minimum atomic E-state index is -3.77. The first-order valence-electron chi connectivity index (χ1n) is 5.88. The van der Waals surface area contributed by atoms with Crippen molar-refractivity contribution in [1.82, 2.24) is 0 Å². The molecule has 2 aromatic carbocycles. The van der Waals surface area contributed by atoms with Gasteiger partial charge in [-0.2, -0.15) is 0 Å². The van der Waals surface area contributed by atoms with Gasteiger partial charge < -0.3 is 10.1 Å². The predicted octanol–water partition coefficient (Wildman–Crippen LogP) is 2.09. The Kier molecular flexibility index (Phi) is 2.76. The second-order valence-corrected chi connectivity index (χ2v) is 6.17. The zero-order valence-corrected chi connectivity index (χ0v) is 11.4. The van der Waals surface area contributed by atoms with Crippen molar-refractivity contribution >= 4 is 21.4 Å². The van der Waals surface area contributed by atoms with E-state index in [0.717, 1.165) is 0 Å². The summed E-state index contributed by atoms with van der Waals surface area (Å²) in [4.78, 5) is 12.3. The highest BCUT2D eigenvalue weighted by atomic mass is 32.2. The number of methoxy groups -OCH3 is 1. The summed E-state index contributed by atoms with van der Waals surface area (Å²) in [6, 6.07) is 10.8. The van der Waals surface area contributed by atoms with Crippen molar-refractivity contribution in [3.8, 4) is 5.75 Å². The molecule has 1 aliphatic heterocycles. The fourth-order valence-corrected chi connectivity index (χ4v) is 3.86. The topological polar surface area (TPSA) is 72.5 Å². The summed E-state index contributed by atoms with van der Waals surface area (Å²) < 4.78 is 30.5. The number of ether oxygens (including phenoxy) is 1. The monoisotopic (exact) mass is 289 g/mol. The van der Waals surface area contributed by atoms with Gasteiger partial charge in [0.05, 0.1) is 22.6 Å². The molecular weight excluding hydrogens is 278 g/mol. The van der Waals surface area contributed by atoms with Crippen molar-refractivity contribution in [3.63, 3.8) is 0 Å². The van der Waals surface area contributed by atoms with E-state index in [0.29, 0.717) is 0 Å². The van der Waals surface area contributed by atoms with Gasteiger partial charge in [-0.15, -0.1) is 0 Å². The van der Waals surface area contributed by atoms with E-state index in [1.54, 1.807) is 30.3 Å². The molecule has 20 heavy (non-hydrogen) atoms. The van der Waals surface area contributed by atoms with Crippen LogP contribution in [0.4, 0.5) is 5.69 Å². The third kappa shape index (κ3) is 1.69. The van der Waals surface area contributed by atoms with E-state index >= 15 is 0 Å². The Morgan fingerprint density at radius 2 is 1.70 bits per heavy atom. The quantitative estimate of drug-likeness (QED) is 0.872. The lowest BCUT2D eigenvalue weighted by atomic mass is 10.2. The standard InChI is InChI=1S/C14H11NO4S/c1-19-10-6-4-8-12-13(10)14(16)15-9-5-2-3-7-11(9)20(12,17)18/h2-8H,1H3,(H,15,16). The average molecular weight is 289 g/mol. The molecule has 1 N–H and O–H groups in total. The van der Waals surface area contributed by atoms with Crippen molar-refractivity contribution in [1.29, 1.82) is 0 Å². The van der Waals surface area contributed by atoms with Gasteiger partial charge in [-0.1, -0.05) is 18.2 Å². The Morgan fingerprint density at radius 3 is 2.45 bits per heavy atom. The van der Waals surface area contributed by atoms with Gasteiger partial charge in [0.2, 0.25) is 9.84 Å². The first-order chi connectivity index (χ1) is 9.55. The molecule has 0 spiro atoms. The number of benzene rings is 2. The number of rotatable bonds is 1. The Balaban J connectivity index is 2.42. The fraction of sp³-hybridized carbons (Fsp3) is 0.0714. The number of carbonyl (C=O) groups is 1. The van der Waals surface area contributed by atoms with E-state index < -0.39 is 15.7 Å². The predicted molar refractivity (Wildman–Crippen MR) is 72.8 cm³/mol.